The largest absolute Gasteiger partial charge is 0.470 e. The maximum atomic E-state index is 14.3. The molecule has 166 valence electrons. The molecule has 0 aliphatic carbocycles. The van der Waals surface area contributed by atoms with Crippen molar-refractivity contribution in [3.8, 4) is 5.88 Å². The normalized spacial score (nSPS) is 25.4. The first-order valence-electron chi connectivity index (χ1n) is 10.7. The first kappa shape index (κ1) is 19.4. The number of likely N-dealkylation sites (N-methyl/N-ethyl adjacent to an activating group) is 1. The van der Waals surface area contributed by atoms with Crippen molar-refractivity contribution >= 4 is 17.4 Å². The average molecular weight is 439 g/mol. The smallest absolute Gasteiger partial charge is 0.257 e. The Morgan fingerprint density at radius 3 is 3.09 bits per heavy atom. The molecule has 11 heteroatoms. The molecule has 0 unspecified atom stereocenters. The van der Waals surface area contributed by atoms with Crippen LogP contribution in [0.15, 0.2) is 30.7 Å². The molecule has 32 heavy (non-hydrogen) atoms. The Morgan fingerprint density at radius 1 is 1.31 bits per heavy atom. The number of nitrogens with one attached hydrogen (secondary N) is 1. The zero-order valence-electron chi connectivity index (χ0n) is 17.4. The van der Waals surface area contributed by atoms with E-state index < -0.39 is 5.82 Å². The molecule has 3 atom stereocenters. The molecule has 3 aromatic rings. The number of carbonyl (C=O) groups excluding carboxylic acids is 1. The van der Waals surface area contributed by atoms with Crippen LogP contribution < -0.4 is 15.1 Å². The molecule has 10 nitrogen and oxygen atoms in total. The van der Waals surface area contributed by atoms with Gasteiger partial charge in [0.1, 0.15) is 17.5 Å². The Kier molecular flexibility index (Phi) is 4.47. The van der Waals surface area contributed by atoms with E-state index in [2.05, 4.69) is 32.2 Å². The number of halogens is 1. The summed E-state index contributed by atoms with van der Waals surface area (Å²) in [6.45, 7) is 4.59. The maximum absolute atomic E-state index is 14.3. The summed E-state index contributed by atoms with van der Waals surface area (Å²) in [6.07, 6.45) is 4.67. The molecule has 1 N–H and O–H groups in total. The van der Waals surface area contributed by atoms with Crippen LogP contribution in [0.1, 0.15) is 35.3 Å². The number of hydrogen-bond donors (Lipinski definition) is 1. The standard InChI is InChI=1S/C21H22FN7O3/c1-2-27-10-15-17(11-27)32-21-13(7-12(22)8-23-21)16-4-6-31-29(16)18-3-5-28-19(26-18)14(9-24-28)20(30)25-15/h3,5,7-9,15-17H,2,4,6,10-11H2,1H3,(H,25,30)/t15-,16-,17+/m1/s1. The molecule has 0 aromatic carbocycles. The van der Waals surface area contributed by atoms with Gasteiger partial charge in [-0.2, -0.15) is 5.10 Å². The highest BCUT2D eigenvalue weighted by Gasteiger charge is 2.39. The third kappa shape index (κ3) is 3.07. The molecule has 3 aliphatic heterocycles. The van der Waals surface area contributed by atoms with Crippen LogP contribution in [0.5, 0.6) is 5.88 Å². The lowest BCUT2D eigenvalue weighted by molar-refractivity contribution is 0.0902. The lowest BCUT2D eigenvalue weighted by Crippen LogP contribution is -2.45. The van der Waals surface area contributed by atoms with Crippen LogP contribution in [0.4, 0.5) is 10.2 Å². The Bertz CT molecular complexity index is 1200. The van der Waals surface area contributed by atoms with Gasteiger partial charge in [0, 0.05) is 37.3 Å². The molecule has 0 spiro atoms. The highest BCUT2D eigenvalue weighted by molar-refractivity contribution is 6.00. The molecule has 2 saturated heterocycles. The molecular weight excluding hydrogens is 417 g/mol. The monoisotopic (exact) mass is 439 g/mol. The minimum Gasteiger partial charge on any atom is -0.470 e. The summed E-state index contributed by atoms with van der Waals surface area (Å²) < 4.78 is 22.1. The van der Waals surface area contributed by atoms with Crippen LogP contribution in [0, 0.1) is 5.82 Å². The van der Waals surface area contributed by atoms with Crippen LogP contribution >= 0.6 is 0 Å². The van der Waals surface area contributed by atoms with E-state index in [1.54, 1.807) is 21.8 Å². The Hall–Kier alpha value is -3.31. The summed E-state index contributed by atoms with van der Waals surface area (Å²) in [5, 5.41) is 8.99. The molecule has 2 fully saturated rings. The second kappa shape index (κ2) is 7.38. The summed E-state index contributed by atoms with van der Waals surface area (Å²) in [5.41, 5.74) is 1.39. The zero-order chi connectivity index (χ0) is 21.8. The summed E-state index contributed by atoms with van der Waals surface area (Å²) in [6, 6.07) is 2.59. The fourth-order valence-electron chi connectivity index (χ4n) is 4.66. The van der Waals surface area contributed by atoms with Gasteiger partial charge < -0.3 is 10.1 Å². The maximum Gasteiger partial charge on any atom is 0.257 e. The zero-order valence-corrected chi connectivity index (χ0v) is 17.4. The molecule has 0 radical (unpaired) electrons. The van der Waals surface area contributed by atoms with Crippen molar-refractivity contribution in [1.29, 1.82) is 0 Å². The summed E-state index contributed by atoms with van der Waals surface area (Å²) in [7, 11) is 0. The van der Waals surface area contributed by atoms with Crippen molar-refractivity contribution < 1.29 is 18.8 Å². The number of amides is 1. The van der Waals surface area contributed by atoms with Gasteiger partial charge in [-0.1, -0.05) is 6.92 Å². The fraction of sp³-hybridized carbons (Fsp3) is 0.429. The molecule has 6 heterocycles. The van der Waals surface area contributed by atoms with Gasteiger partial charge in [-0.3, -0.25) is 14.5 Å². The van der Waals surface area contributed by atoms with E-state index in [0.29, 0.717) is 54.6 Å². The number of rotatable bonds is 1. The summed E-state index contributed by atoms with van der Waals surface area (Å²) in [4.78, 5) is 30.2. The number of hydrogen-bond acceptors (Lipinski definition) is 8. The number of fused-ring (bicyclic) bond motifs is 6. The number of ether oxygens (including phenoxy) is 1. The highest BCUT2D eigenvalue weighted by atomic mass is 19.1. The van der Waals surface area contributed by atoms with Crippen LogP contribution in [0.3, 0.4) is 0 Å². The number of pyridine rings is 1. The fourth-order valence-corrected chi connectivity index (χ4v) is 4.66. The number of hydroxylamine groups is 1. The van der Waals surface area contributed by atoms with Gasteiger partial charge in [-0.05, 0) is 12.6 Å². The van der Waals surface area contributed by atoms with Gasteiger partial charge in [0.05, 0.1) is 31.1 Å². The molecule has 6 rings (SSSR count). The number of anilines is 1. The first-order chi connectivity index (χ1) is 15.6. The number of carbonyl (C=O) groups is 1. The van der Waals surface area contributed by atoms with Crippen molar-refractivity contribution in [3.05, 3.63) is 47.7 Å². The highest BCUT2D eigenvalue weighted by Crippen LogP contribution is 2.38. The van der Waals surface area contributed by atoms with E-state index in [-0.39, 0.29) is 24.1 Å². The van der Waals surface area contributed by atoms with E-state index in [4.69, 9.17) is 9.57 Å². The Balaban J connectivity index is 1.52. The summed E-state index contributed by atoms with van der Waals surface area (Å²) >= 11 is 0. The third-order valence-electron chi connectivity index (χ3n) is 6.30. The van der Waals surface area contributed by atoms with Gasteiger partial charge in [0.25, 0.3) is 5.91 Å². The second-order valence-electron chi connectivity index (χ2n) is 8.21. The lowest BCUT2D eigenvalue weighted by atomic mass is 10.1. The molecular formula is C21H22FN7O3. The quantitative estimate of drug-likeness (QED) is 0.607. The van der Waals surface area contributed by atoms with Crippen molar-refractivity contribution in [3.63, 3.8) is 0 Å². The summed E-state index contributed by atoms with van der Waals surface area (Å²) in [5.74, 6) is 0.127. The number of likely N-dealkylation sites (tertiary alicyclic amines) is 1. The van der Waals surface area contributed by atoms with Crippen LogP contribution in [0.25, 0.3) is 5.65 Å². The van der Waals surface area contributed by atoms with Crippen LogP contribution in [0.2, 0.25) is 0 Å². The van der Waals surface area contributed by atoms with Gasteiger partial charge in [-0.15, -0.1) is 0 Å². The third-order valence-corrected chi connectivity index (χ3v) is 6.30. The van der Waals surface area contributed by atoms with Crippen molar-refractivity contribution in [2.24, 2.45) is 0 Å². The van der Waals surface area contributed by atoms with Gasteiger partial charge in [0.15, 0.2) is 11.5 Å². The first-order valence-corrected chi connectivity index (χ1v) is 10.7. The minimum atomic E-state index is -0.448. The molecule has 3 aromatic heterocycles. The van der Waals surface area contributed by atoms with Gasteiger partial charge >= 0.3 is 0 Å². The molecule has 2 bridgehead atoms. The Morgan fingerprint density at radius 2 is 2.22 bits per heavy atom. The average Bonchev–Trinajstić information content (AvgIpc) is 3.52. The van der Waals surface area contributed by atoms with Crippen molar-refractivity contribution in [2.75, 3.05) is 31.3 Å². The van der Waals surface area contributed by atoms with E-state index >= 15 is 0 Å². The molecule has 1 amide bonds. The number of nitrogens with zero attached hydrogens (tertiary/aromatic N) is 6. The van der Waals surface area contributed by atoms with Gasteiger partial charge in [-0.25, -0.2) is 23.9 Å². The Labute approximate surface area is 182 Å². The van der Waals surface area contributed by atoms with Gasteiger partial charge in [0.2, 0.25) is 5.88 Å². The lowest BCUT2D eigenvalue weighted by Gasteiger charge is -2.26. The van der Waals surface area contributed by atoms with Crippen molar-refractivity contribution in [2.45, 2.75) is 31.5 Å². The SMILES string of the molecule is CCN1C[C@@H]2Oc3ncc(F)cc3[C@H]3CCON3c3ccn4ncc(c4n3)C(=O)N[C@@H]2C1. The topological polar surface area (TPSA) is 97.1 Å². The molecule has 0 saturated carbocycles. The minimum absolute atomic E-state index is 0.267. The van der Waals surface area contributed by atoms with Crippen molar-refractivity contribution in [1.82, 2.24) is 29.8 Å². The predicted molar refractivity (Wildman–Crippen MR) is 111 cm³/mol. The number of aromatic nitrogens is 4. The second-order valence-corrected chi connectivity index (χ2v) is 8.21. The van der Waals surface area contributed by atoms with E-state index in [1.165, 1.54) is 12.3 Å². The van der Waals surface area contributed by atoms with E-state index in [0.717, 1.165) is 12.7 Å². The predicted octanol–water partition coefficient (Wildman–Crippen LogP) is 1.34. The van der Waals surface area contributed by atoms with Crippen LogP contribution in [-0.4, -0.2) is 68.8 Å². The molecule has 3 aliphatic rings. The van der Waals surface area contributed by atoms with E-state index in [9.17, 15) is 9.18 Å². The van der Waals surface area contributed by atoms with E-state index in [1.807, 2.05) is 0 Å². The van der Waals surface area contributed by atoms with Crippen LogP contribution in [-0.2, 0) is 4.84 Å².